The molecule has 6 heteroatoms. The summed E-state index contributed by atoms with van der Waals surface area (Å²) in [4.78, 5) is 19.4. The molecule has 0 aromatic rings. The maximum absolute atomic E-state index is 11.7. The standard InChI is InChI=1S/2C4H7FO2/c1-2-7-4(6)3-5;1-2-3(5)4(6)7/h2-3H2,1H3;3H,2H2,1H3,(H,6,7). The van der Waals surface area contributed by atoms with Gasteiger partial charge in [0.15, 0.2) is 12.8 Å². The fraction of sp³-hybridized carbons (Fsp3) is 0.750. The van der Waals surface area contributed by atoms with Crippen LogP contribution in [0.15, 0.2) is 0 Å². The first-order valence-corrected chi connectivity index (χ1v) is 4.07. The zero-order valence-corrected chi connectivity index (χ0v) is 8.13. The number of aliphatic carboxylic acids is 1. The predicted molar refractivity (Wildman–Crippen MR) is 45.4 cm³/mol. The fourth-order valence-electron chi connectivity index (χ4n) is 0.374. The molecule has 0 spiro atoms. The van der Waals surface area contributed by atoms with Crippen LogP contribution in [0.25, 0.3) is 0 Å². The first-order chi connectivity index (χ1) is 6.49. The fourth-order valence-corrected chi connectivity index (χ4v) is 0.374. The van der Waals surface area contributed by atoms with Gasteiger partial charge in [-0.3, -0.25) is 0 Å². The van der Waals surface area contributed by atoms with Crippen molar-refractivity contribution < 1.29 is 28.2 Å². The van der Waals surface area contributed by atoms with Gasteiger partial charge >= 0.3 is 11.9 Å². The monoisotopic (exact) mass is 212 g/mol. The smallest absolute Gasteiger partial charge is 0.338 e. The second-order valence-corrected chi connectivity index (χ2v) is 2.15. The Balaban J connectivity index is 0. The Morgan fingerprint density at radius 1 is 1.43 bits per heavy atom. The molecule has 84 valence electrons. The molecule has 14 heavy (non-hydrogen) atoms. The number of carbonyl (C=O) groups excluding carboxylic acids is 1. The van der Waals surface area contributed by atoms with Crippen LogP contribution < -0.4 is 0 Å². The molecular weight excluding hydrogens is 198 g/mol. The van der Waals surface area contributed by atoms with E-state index >= 15 is 0 Å². The Kier molecular flexibility index (Phi) is 10.8. The molecule has 0 fully saturated rings. The van der Waals surface area contributed by atoms with Crippen molar-refractivity contribution in [1.29, 1.82) is 0 Å². The predicted octanol–water partition coefficient (Wildman–Crippen LogP) is 1.34. The molecule has 0 radical (unpaired) electrons. The summed E-state index contributed by atoms with van der Waals surface area (Å²) in [5, 5.41) is 7.81. The topological polar surface area (TPSA) is 63.6 Å². The quantitative estimate of drug-likeness (QED) is 0.714. The molecule has 0 heterocycles. The van der Waals surface area contributed by atoms with Gasteiger partial charge in [0.25, 0.3) is 0 Å². The van der Waals surface area contributed by atoms with Gasteiger partial charge in [0.2, 0.25) is 0 Å². The molecule has 4 nitrogen and oxygen atoms in total. The van der Waals surface area contributed by atoms with Gasteiger partial charge in [0.05, 0.1) is 6.61 Å². The van der Waals surface area contributed by atoms with Gasteiger partial charge in [-0.2, -0.15) is 0 Å². The molecule has 0 aliphatic heterocycles. The summed E-state index contributed by atoms with van der Waals surface area (Å²) in [5.41, 5.74) is 0. The number of rotatable bonds is 4. The maximum Gasteiger partial charge on any atom is 0.338 e. The summed E-state index contributed by atoms with van der Waals surface area (Å²) in [6, 6.07) is 0. The number of hydrogen-bond donors (Lipinski definition) is 1. The molecule has 0 saturated heterocycles. The largest absolute Gasteiger partial charge is 0.479 e. The number of carboxylic acid groups (broad SMARTS) is 1. The van der Waals surface area contributed by atoms with E-state index in [9.17, 15) is 18.4 Å². The number of esters is 1. The molecule has 0 aromatic heterocycles. The number of carbonyl (C=O) groups is 2. The third-order valence-corrected chi connectivity index (χ3v) is 1.04. The van der Waals surface area contributed by atoms with Crippen molar-refractivity contribution in [1.82, 2.24) is 0 Å². The van der Waals surface area contributed by atoms with E-state index in [-0.39, 0.29) is 13.0 Å². The number of ether oxygens (including phenoxy) is 1. The van der Waals surface area contributed by atoms with Gasteiger partial charge in [-0.1, -0.05) is 6.92 Å². The average molecular weight is 212 g/mol. The zero-order valence-electron chi connectivity index (χ0n) is 8.13. The highest BCUT2D eigenvalue weighted by Gasteiger charge is 2.10. The Bertz CT molecular complexity index is 171. The van der Waals surface area contributed by atoms with Crippen molar-refractivity contribution in [3.05, 3.63) is 0 Å². The minimum absolute atomic E-state index is 0.0509. The first kappa shape index (κ1) is 15.3. The number of carboxylic acids is 1. The Hall–Kier alpha value is -1.20. The lowest BCUT2D eigenvalue weighted by atomic mass is 10.3. The first-order valence-electron chi connectivity index (χ1n) is 4.07. The van der Waals surface area contributed by atoms with E-state index in [4.69, 9.17) is 5.11 Å². The Morgan fingerprint density at radius 2 is 1.93 bits per heavy atom. The summed E-state index contributed by atoms with van der Waals surface area (Å²) in [6.07, 6.45) is -1.63. The molecule has 0 rings (SSSR count). The van der Waals surface area contributed by atoms with E-state index in [2.05, 4.69) is 4.74 Å². The second-order valence-electron chi connectivity index (χ2n) is 2.15. The van der Waals surface area contributed by atoms with Crippen LogP contribution in [0, 0.1) is 0 Å². The summed E-state index contributed by atoms with van der Waals surface area (Å²) in [7, 11) is 0. The van der Waals surface area contributed by atoms with Crippen molar-refractivity contribution in [2.75, 3.05) is 13.3 Å². The normalized spacial score (nSPS) is 10.9. The molecule has 0 aliphatic rings. The SMILES string of the molecule is CCC(F)C(=O)O.CCOC(=O)CF. The van der Waals surface area contributed by atoms with Crippen LogP contribution in [-0.4, -0.2) is 36.5 Å². The zero-order chi connectivity index (χ0) is 11.6. The van der Waals surface area contributed by atoms with Crippen LogP contribution in [0.1, 0.15) is 20.3 Å². The molecule has 1 unspecified atom stereocenters. The number of halogens is 2. The maximum atomic E-state index is 11.7. The van der Waals surface area contributed by atoms with Crippen molar-refractivity contribution >= 4 is 11.9 Å². The summed E-state index contributed by atoms with van der Waals surface area (Å²) >= 11 is 0. The van der Waals surface area contributed by atoms with Crippen LogP contribution in [0.3, 0.4) is 0 Å². The van der Waals surface area contributed by atoms with E-state index in [0.29, 0.717) is 0 Å². The lowest BCUT2D eigenvalue weighted by molar-refractivity contribution is -0.144. The molecular formula is C8H14F2O4. The van der Waals surface area contributed by atoms with Crippen LogP contribution in [-0.2, 0) is 14.3 Å². The van der Waals surface area contributed by atoms with Crippen molar-refractivity contribution in [2.45, 2.75) is 26.4 Å². The van der Waals surface area contributed by atoms with E-state index in [1.165, 1.54) is 6.92 Å². The van der Waals surface area contributed by atoms with Crippen LogP contribution in [0.5, 0.6) is 0 Å². The van der Waals surface area contributed by atoms with Gasteiger partial charge in [-0.05, 0) is 13.3 Å². The van der Waals surface area contributed by atoms with Gasteiger partial charge < -0.3 is 9.84 Å². The lowest BCUT2D eigenvalue weighted by Gasteiger charge is -1.92. The third kappa shape index (κ3) is 10.8. The molecule has 1 atom stereocenters. The summed E-state index contributed by atoms with van der Waals surface area (Å²) < 4.78 is 26.9. The van der Waals surface area contributed by atoms with E-state index in [1.54, 1.807) is 6.92 Å². The van der Waals surface area contributed by atoms with Crippen molar-refractivity contribution in [2.24, 2.45) is 0 Å². The third-order valence-electron chi connectivity index (χ3n) is 1.04. The number of alkyl halides is 2. The highest BCUT2D eigenvalue weighted by atomic mass is 19.1. The lowest BCUT2D eigenvalue weighted by Crippen LogP contribution is -2.11. The van der Waals surface area contributed by atoms with Gasteiger partial charge in [-0.25, -0.2) is 18.4 Å². The summed E-state index contributed by atoms with van der Waals surface area (Å²) in [5.74, 6) is -2.16. The van der Waals surface area contributed by atoms with Gasteiger partial charge in [0, 0.05) is 0 Å². The van der Waals surface area contributed by atoms with E-state index in [0.717, 1.165) is 0 Å². The van der Waals surface area contributed by atoms with Crippen molar-refractivity contribution in [3.8, 4) is 0 Å². The second kappa shape index (κ2) is 9.88. The molecule has 0 aromatic carbocycles. The molecule has 0 aliphatic carbocycles. The highest BCUT2D eigenvalue weighted by molar-refractivity contribution is 5.71. The van der Waals surface area contributed by atoms with Crippen LogP contribution in [0.4, 0.5) is 8.78 Å². The van der Waals surface area contributed by atoms with E-state index < -0.39 is 24.8 Å². The Morgan fingerprint density at radius 3 is 2.00 bits per heavy atom. The van der Waals surface area contributed by atoms with Crippen molar-refractivity contribution in [3.63, 3.8) is 0 Å². The Labute approximate surface area is 80.9 Å². The summed E-state index contributed by atoms with van der Waals surface area (Å²) in [6.45, 7) is 2.35. The highest BCUT2D eigenvalue weighted by Crippen LogP contribution is 1.93. The van der Waals surface area contributed by atoms with Gasteiger partial charge in [0.1, 0.15) is 0 Å². The molecule has 0 amide bonds. The van der Waals surface area contributed by atoms with E-state index in [1.807, 2.05) is 0 Å². The minimum Gasteiger partial charge on any atom is -0.479 e. The molecule has 1 N–H and O–H groups in total. The molecule has 0 saturated carbocycles. The minimum atomic E-state index is -1.68. The van der Waals surface area contributed by atoms with Gasteiger partial charge in [-0.15, -0.1) is 0 Å². The molecule has 0 bridgehead atoms. The van der Waals surface area contributed by atoms with Crippen LogP contribution >= 0.6 is 0 Å². The average Bonchev–Trinajstić information content (AvgIpc) is 2.17. The number of hydrogen-bond acceptors (Lipinski definition) is 3. The van der Waals surface area contributed by atoms with Crippen LogP contribution in [0.2, 0.25) is 0 Å².